The summed E-state index contributed by atoms with van der Waals surface area (Å²) in [5.41, 5.74) is 0. The van der Waals surface area contributed by atoms with E-state index in [0.717, 1.165) is 30.6 Å². The van der Waals surface area contributed by atoms with E-state index in [1.54, 1.807) is 11.5 Å². The highest BCUT2D eigenvalue weighted by Gasteiger charge is 2.27. The Morgan fingerprint density at radius 2 is 2.33 bits per heavy atom. The van der Waals surface area contributed by atoms with E-state index < -0.39 is 0 Å². The maximum Gasteiger partial charge on any atom is 0.205 e. The van der Waals surface area contributed by atoms with Crippen LogP contribution in [0.25, 0.3) is 0 Å². The fraction of sp³-hybridized carbons (Fsp3) is 0.846. The molecule has 1 aliphatic heterocycles. The highest BCUT2D eigenvalue weighted by molar-refractivity contribution is 7.09. The minimum absolute atomic E-state index is 0.425. The maximum atomic E-state index is 4.68. The summed E-state index contributed by atoms with van der Waals surface area (Å²) in [5, 5.41) is 4.63. The van der Waals surface area contributed by atoms with Crippen molar-refractivity contribution in [3.05, 3.63) is 5.82 Å². The maximum absolute atomic E-state index is 4.68. The molecule has 0 aromatic carbocycles. The van der Waals surface area contributed by atoms with Crippen molar-refractivity contribution >= 4 is 16.7 Å². The van der Waals surface area contributed by atoms with Crippen LogP contribution in [0.2, 0.25) is 0 Å². The van der Waals surface area contributed by atoms with Crippen molar-refractivity contribution in [3.63, 3.8) is 0 Å². The van der Waals surface area contributed by atoms with Crippen LogP contribution < -0.4 is 10.2 Å². The summed E-state index contributed by atoms with van der Waals surface area (Å²) in [6, 6.07) is 0.601. The van der Waals surface area contributed by atoms with Gasteiger partial charge in [0, 0.05) is 36.6 Å². The van der Waals surface area contributed by atoms with E-state index in [0.29, 0.717) is 12.0 Å². The quantitative estimate of drug-likeness (QED) is 0.805. The molecular weight excluding hydrogens is 244 g/mol. The molecular formula is C13H24N4S. The molecule has 1 unspecified atom stereocenters. The molecule has 0 saturated carbocycles. The lowest BCUT2D eigenvalue weighted by Crippen LogP contribution is -2.38. The fourth-order valence-electron chi connectivity index (χ4n) is 2.32. The van der Waals surface area contributed by atoms with E-state index in [2.05, 4.69) is 40.3 Å². The monoisotopic (exact) mass is 268 g/mol. The summed E-state index contributed by atoms with van der Waals surface area (Å²) in [6.45, 7) is 9.82. The molecule has 2 rings (SSSR count). The second-order valence-corrected chi connectivity index (χ2v) is 6.01. The van der Waals surface area contributed by atoms with Gasteiger partial charge in [-0.3, -0.25) is 0 Å². The van der Waals surface area contributed by atoms with Gasteiger partial charge in [-0.15, -0.1) is 0 Å². The van der Waals surface area contributed by atoms with Crippen LogP contribution in [-0.4, -0.2) is 35.0 Å². The number of hydrogen-bond acceptors (Lipinski definition) is 5. The van der Waals surface area contributed by atoms with E-state index in [-0.39, 0.29) is 0 Å². The minimum atomic E-state index is 0.425. The number of nitrogens with zero attached hydrogens (tertiary/aromatic N) is 3. The molecule has 1 N–H and O–H groups in total. The summed E-state index contributed by atoms with van der Waals surface area (Å²) in [5.74, 6) is 1.41. The standard InChI is InChI=1S/C13H24N4S/c1-4-7-14-9-11-6-5-8-17(11)13-15-12(10(2)3)16-18-13/h10-11,14H,4-9H2,1-3H3. The zero-order valence-electron chi connectivity index (χ0n) is 11.6. The molecule has 0 amide bonds. The molecule has 2 heterocycles. The number of nitrogens with one attached hydrogen (secondary N) is 1. The smallest absolute Gasteiger partial charge is 0.205 e. The summed E-state index contributed by atoms with van der Waals surface area (Å²) in [6.07, 6.45) is 3.74. The van der Waals surface area contributed by atoms with Crippen LogP contribution in [0.15, 0.2) is 0 Å². The van der Waals surface area contributed by atoms with Crippen LogP contribution in [0.1, 0.15) is 51.8 Å². The molecule has 4 nitrogen and oxygen atoms in total. The van der Waals surface area contributed by atoms with Crippen molar-refractivity contribution in [1.82, 2.24) is 14.7 Å². The van der Waals surface area contributed by atoms with Gasteiger partial charge in [0.25, 0.3) is 0 Å². The van der Waals surface area contributed by atoms with Crippen molar-refractivity contribution in [3.8, 4) is 0 Å². The summed E-state index contributed by atoms with van der Waals surface area (Å²) < 4.78 is 4.46. The van der Waals surface area contributed by atoms with Crippen LogP contribution in [-0.2, 0) is 0 Å². The molecule has 1 atom stereocenters. The van der Waals surface area contributed by atoms with E-state index >= 15 is 0 Å². The van der Waals surface area contributed by atoms with Gasteiger partial charge in [-0.05, 0) is 25.8 Å². The Bertz CT molecular complexity index is 364. The second kappa shape index (κ2) is 6.48. The predicted octanol–water partition coefficient (Wildman–Crippen LogP) is 2.63. The molecule has 1 fully saturated rings. The highest BCUT2D eigenvalue weighted by Crippen LogP contribution is 2.28. The lowest BCUT2D eigenvalue weighted by molar-refractivity contribution is 0.570. The Kier molecular flexibility index (Phi) is 4.95. The molecule has 1 aromatic heterocycles. The SMILES string of the molecule is CCCNCC1CCCN1c1nc(C(C)C)ns1. The average Bonchev–Trinajstić information content (AvgIpc) is 2.96. The van der Waals surface area contributed by atoms with E-state index in [1.165, 1.54) is 19.3 Å². The molecule has 18 heavy (non-hydrogen) atoms. The van der Waals surface area contributed by atoms with Gasteiger partial charge in [-0.2, -0.15) is 4.37 Å². The van der Waals surface area contributed by atoms with Crippen molar-refractivity contribution in [2.75, 3.05) is 24.5 Å². The second-order valence-electron chi connectivity index (χ2n) is 5.28. The molecule has 1 aromatic rings. The molecule has 0 aliphatic carbocycles. The third kappa shape index (κ3) is 3.20. The lowest BCUT2D eigenvalue weighted by atomic mass is 10.2. The fourth-order valence-corrected chi connectivity index (χ4v) is 3.23. The first kappa shape index (κ1) is 13.7. The summed E-state index contributed by atoms with van der Waals surface area (Å²) in [7, 11) is 0. The molecule has 5 heteroatoms. The minimum Gasteiger partial charge on any atom is -0.343 e. The Hall–Kier alpha value is -0.680. The zero-order chi connectivity index (χ0) is 13.0. The lowest BCUT2D eigenvalue weighted by Gasteiger charge is -2.23. The number of rotatable bonds is 6. The van der Waals surface area contributed by atoms with Crippen molar-refractivity contribution < 1.29 is 0 Å². The summed E-state index contributed by atoms with van der Waals surface area (Å²) >= 11 is 1.56. The van der Waals surface area contributed by atoms with Crippen LogP contribution in [0.4, 0.5) is 5.13 Å². The first-order valence-electron chi connectivity index (χ1n) is 7.03. The average molecular weight is 268 g/mol. The molecule has 0 radical (unpaired) electrons. The van der Waals surface area contributed by atoms with Gasteiger partial charge in [0.1, 0.15) is 5.82 Å². The molecule has 102 valence electrons. The third-order valence-corrected chi connectivity index (χ3v) is 4.14. The van der Waals surface area contributed by atoms with Crippen LogP contribution in [0, 0.1) is 0 Å². The molecule has 1 aliphatic rings. The van der Waals surface area contributed by atoms with Gasteiger partial charge in [-0.25, -0.2) is 4.98 Å². The van der Waals surface area contributed by atoms with Crippen LogP contribution >= 0.6 is 11.5 Å². The number of anilines is 1. The van der Waals surface area contributed by atoms with Gasteiger partial charge in [0.2, 0.25) is 5.13 Å². The van der Waals surface area contributed by atoms with Gasteiger partial charge >= 0.3 is 0 Å². The third-order valence-electron chi connectivity index (χ3n) is 3.38. The Balaban J connectivity index is 1.97. The predicted molar refractivity (Wildman–Crippen MR) is 77.5 cm³/mol. The summed E-state index contributed by atoms with van der Waals surface area (Å²) in [4.78, 5) is 7.11. The largest absolute Gasteiger partial charge is 0.343 e. The van der Waals surface area contributed by atoms with Crippen molar-refractivity contribution in [2.24, 2.45) is 0 Å². The topological polar surface area (TPSA) is 41.0 Å². The Morgan fingerprint density at radius 1 is 1.50 bits per heavy atom. The van der Waals surface area contributed by atoms with E-state index in [1.807, 2.05) is 0 Å². The highest BCUT2D eigenvalue weighted by atomic mass is 32.1. The normalized spacial score (nSPS) is 20.0. The first-order valence-corrected chi connectivity index (χ1v) is 7.80. The Labute approximate surface area is 114 Å². The molecule has 0 bridgehead atoms. The zero-order valence-corrected chi connectivity index (χ0v) is 12.5. The van der Waals surface area contributed by atoms with E-state index in [4.69, 9.17) is 0 Å². The van der Waals surface area contributed by atoms with Crippen molar-refractivity contribution in [1.29, 1.82) is 0 Å². The number of aromatic nitrogens is 2. The van der Waals surface area contributed by atoms with E-state index in [9.17, 15) is 0 Å². The van der Waals surface area contributed by atoms with Gasteiger partial charge in [0.05, 0.1) is 0 Å². The van der Waals surface area contributed by atoms with Gasteiger partial charge in [-0.1, -0.05) is 20.8 Å². The first-order chi connectivity index (χ1) is 8.72. The molecule has 1 saturated heterocycles. The Morgan fingerprint density at radius 3 is 3.00 bits per heavy atom. The van der Waals surface area contributed by atoms with Crippen LogP contribution in [0.3, 0.4) is 0 Å². The van der Waals surface area contributed by atoms with Crippen LogP contribution in [0.5, 0.6) is 0 Å². The molecule has 0 spiro atoms. The van der Waals surface area contributed by atoms with Gasteiger partial charge in [0.15, 0.2) is 0 Å². The van der Waals surface area contributed by atoms with Gasteiger partial charge < -0.3 is 10.2 Å². The number of hydrogen-bond donors (Lipinski definition) is 1. The van der Waals surface area contributed by atoms with Crippen molar-refractivity contribution in [2.45, 2.75) is 52.0 Å².